The average molecular weight is 422 g/mol. The number of pyridine rings is 1. The standard InChI is InChI=1S/C17H22N6O5S/c1-12-7-8-14(22-29(26,27)13-5-3-2-4-6-13)16(25)23(12)11-15(24)20-9-10-28-21-17(18)19/h2-8,22H,9-11H2,1H3,(H,20,24)(H4,18,19,21). The van der Waals surface area contributed by atoms with E-state index >= 15 is 0 Å². The highest BCUT2D eigenvalue weighted by atomic mass is 32.2. The minimum Gasteiger partial charge on any atom is -0.391 e. The Morgan fingerprint density at radius 2 is 1.86 bits per heavy atom. The van der Waals surface area contributed by atoms with Crippen molar-refractivity contribution in [3.8, 4) is 0 Å². The average Bonchev–Trinajstić information content (AvgIpc) is 2.67. The number of oxime groups is 1. The molecular weight excluding hydrogens is 400 g/mol. The maximum absolute atomic E-state index is 12.7. The summed E-state index contributed by atoms with van der Waals surface area (Å²) >= 11 is 0. The van der Waals surface area contributed by atoms with Gasteiger partial charge in [-0.15, -0.1) is 0 Å². The largest absolute Gasteiger partial charge is 0.391 e. The van der Waals surface area contributed by atoms with Crippen molar-refractivity contribution in [2.75, 3.05) is 17.9 Å². The number of nitrogens with one attached hydrogen (secondary N) is 2. The Labute approximate surface area is 167 Å². The first-order valence-corrected chi connectivity index (χ1v) is 9.95. The van der Waals surface area contributed by atoms with Crippen LogP contribution in [0.25, 0.3) is 0 Å². The minimum atomic E-state index is -3.93. The Morgan fingerprint density at radius 3 is 2.52 bits per heavy atom. The molecule has 1 heterocycles. The molecule has 2 aromatic rings. The van der Waals surface area contributed by atoms with Crippen LogP contribution in [0.5, 0.6) is 0 Å². The lowest BCUT2D eigenvalue weighted by Crippen LogP contribution is -2.36. The van der Waals surface area contributed by atoms with Gasteiger partial charge in [0.1, 0.15) is 18.8 Å². The number of carbonyl (C=O) groups is 1. The molecule has 2 rings (SSSR count). The third kappa shape index (κ3) is 6.24. The van der Waals surface area contributed by atoms with Crippen LogP contribution < -0.4 is 27.1 Å². The van der Waals surface area contributed by atoms with Crippen LogP contribution in [0.4, 0.5) is 5.69 Å². The first-order chi connectivity index (χ1) is 13.7. The van der Waals surface area contributed by atoms with E-state index in [2.05, 4.69) is 15.2 Å². The van der Waals surface area contributed by atoms with Gasteiger partial charge in [0.25, 0.3) is 15.6 Å². The van der Waals surface area contributed by atoms with Crippen LogP contribution >= 0.6 is 0 Å². The van der Waals surface area contributed by atoms with Crippen molar-refractivity contribution in [2.24, 2.45) is 16.6 Å². The van der Waals surface area contributed by atoms with Crippen LogP contribution in [0, 0.1) is 6.92 Å². The number of aryl methyl sites for hydroxylation is 1. The van der Waals surface area contributed by atoms with E-state index < -0.39 is 21.5 Å². The van der Waals surface area contributed by atoms with E-state index in [-0.39, 0.29) is 36.2 Å². The normalized spacial score (nSPS) is 10.8. The summed E-state index contributed by atoms with van der Waals surface area (Å²) in [5.74, 6) is -0.708. The molecule has 0 saturated carbocycles. The third-order valence-corrected chi connectivity index (χ3v) is 5.06. The summed E-state index contributed by atoms with van der Waals surface area (Å²) in [5, 5.41) is 5.84. The predicted molar refractivity (Wildman–Crippen MR) is 107 cm³/mol. The highest BCUT2D eigenvalue weighted by Crippen LogP contribution is 2.13. The number of guanidine groups is 1. The van der Waals surface area contributed by atoms with Gasteiger partial charge in [0.15, 0.2) is 0 Å². The molecule has 0 unspecified atom stereocenters. The fourth-order valence-corrected chi connectivity index (χ4v) is 3.38. The molecule has 29 heavy (non-hydrogen) atoms. The molecule has 0 saturated heterocycles. The predicted octanol–water partition coefficient (Wildman–Crippen LogP) is -0.721. The molecule has 12 heteroatoms. The number of aromatic nitrogens is 1. The molecule has 11 nitrogen and oxygen atoms in total. The number of nitrogens with two attached hydrogens (primary N) is 2. The highest BCUT2D eigenvalue weighted by Gasteiger charge is 2.17. The van der Waals surface area contributed by atoms with Gasteiger partial charge in [-0.3, -0.25) is 14.3 Å². The van der Waals surface area contributed by atoms with Crippen LogP contribution in [0.3, 0.4) is 0 Å². The van der Waals surface area contributed by atoms with Gasteiger partial charge in [0, 0.05) is 5.69 Å². The number of amides is 1. The molecule has 1 aromatic carbocycles. The Bertz CT molecular complexity index is 1050. The number of benzene rings is 1. The van der Waals surface area contributed by atoms with E-state index in [0.29, 0.717) is 5.69 Å². The number of anilines is 1. The SMILES string of the molecule is Cc1ccc(NS(=O)(=O)c2ccccc2)c(=O)n1CC(=O)NCCON=C(N)N. The maximum atomic E-state index is 12.7. The van der Waals surface area contributed by atoms with Crippen molar-refractivity contribution in [1.29, 1.82) is 0 Å². The van der Waals surface area contributed by atoms with Gasteiger partial charge in [-0.1, -0.05) is 18.2 Å². The molecule has 0 spiro atoms. The van der Waals surface area contributed by atoms with Gasteiger partial charge in [0.05, 0.1) is 11.4 Å². The zero-order valence-electron chi connectivity index (χ0n) is 15.7. The lowest BCUT2D eigenvalue weighted by Gasteiger charge is -2.13. The number of carbonyl (C=O) groups excluding carboxylic acids is 1. The fraction of sp³-hybridized carbons (Fsp3) is 0.235. The molecule has 0 fully saturated rings. The maximum Gasteiger partial charge on any atom is 0.275 e. The molecule has 0 aliphatic heterocycles. The second-order valence-corrected chi connectivity index (χ2v) is 7.58. The van der Waals surface area contributed by atoms with Crippen molar-refractivity contribution in [2.45, 2.75) is 18.4 Å². The zero-order chi connectivity index (χ0) is 21.4. The number of hydrogen-bond acceptors (Lipinski definition) is 6. The zero-order valence-corrected chi connectivity index (χ0v) is 16.5. The smallest absolute Gasteiger partial charge is 0.275 e. The van der Waals surface area contributed by atoms with Crippen molar-refractivity contribution >= 4 is 27.6 Å². The highest BCUT2D eigenvalue weighted by molar-refractivity contribution is 7.92. The summed E-state index contributed by atoms with van der Waals surface area (Å²) in [6.45, 7) is 1.48. The van der Waals surface area contributed by atoms with Crippen LogP contribution in [0.2, 0.25) is 0 Å². The first kappa shape index (κ1) is 21.8. The topological polar surface area (TPSA) is 171 Å². The lowest BCUT2D eigenvalue weighted by atomic mass is 10.3. The number of sulfonamides is 1. The quantitative estimate of drug-likeness (QED) is 0.179. The molecule has 0 radical (unpaired) electrons. The molecule has 1 aromatic heterocycles. The van der Waals surface area contributed by atoms with Crippen LogP contribution in [-0.2, 0) is 26.2 Å². The van der Waals surface area contributed by atoms with Gasteiger partial charge >= 0.3 is 0 Å². The van der Waals surface area contributed by atoms with Gasteiger partial charge in [0.2, 0.25) is 11.9 Å². The van der Waals surface area contributed by atoms with E-state index in [1.807, 2.05) is 0 Å². The Balaban J connectivity index is 2.10. The molecule has 156 valence electrons. The Kier molecular flexibility index (Phi) is 7.20. The molecule has 1 amide bonds. The molecule has 0 aliphatic carbocycles. The van der Waals surface area contributed by atoms with Crippen molar-refractivity contribution in [3.63, 3.8) is 0 Å². The molecule has 0 atom stereocenters. The first-order valence-electron chi connectivity index (χ1n) is 8.46. The van der Waals surface area contributed by atoms with Crippen molar-refractivity contribution in [1.82, 2.24) is 9.88 Å². The summed E-state index contributed by atoms with van der Waals surface area (Å²) < 4.78 is 28.3. The third-order valence-electron chi connectivity index (χ3n) is 3.68. The summed E-state index contributed by atoms with van der Waals surface area (Å²) in [6, 6.07) is 10.5. The second kappa shape index (κ2) is 9.59. The summed E-state index contributed by atoms with van der Waals surface area (Å²) in [7, 11) is -3.93. The van der Waals surface area contributed by atoms with Crippen LogP contribution in [0.1, 0.15) is 5.69 Å². The monoisotopic (exact) mass is 422 g/mol. The summed E-state index contributed by atoms with van der Waals surface area (Å²) in [4.78, 5) is 29.5. The number of nitrogens with zero attached hydrogens (tertiary/aromatic N) is 2. The Hall–Kier alpha value is -3.54. The fourth-order valence-electron chi connectivity index (χ4n) is 2.30. The van der Waals surface area contributed by atoms with Gasteiger partial charge < -0.3 is 26.2 Å². The van der Waals surface area contributed by atoms with Gasteiger partial charge in [-0.05, 0) is 36.3 Å². The van der Waals surface area contributed by atoms with Crippen LogP contribution in [0.15, 0.2) is 57.3 Å². The van der Waals surface area contributed by atoms with E-state index in [0.717, 1.165) is 4.57 Å². The summed E-state index contributed by atoms with van der Waals surface area (Å²) in [6.07, 6.45) is 0. The van der Waals surface area contributed by atoms with E-state index in [9.17, 15) is 18.0 Å². The molecule has 0 aliphatic rings. The second-order valence-electron chi connectivity index (χ2n) is 5.90. The van der Waals surface area contributed by atoms with E-state index in [4.69, 9.17) is 16.3 Å². The lowest BCUT2D eigenvalue weighted by molar-refractivity contribution is -0.122. The van der Waals surface area contributed by atoms with Crippen molar-refractivity contribution in [3.05, 3.63) is 58.5 Å². The van der Waals surface area contributed by atoms with E-state index in [1.165, 1.54) is 18.2 Å². The Morgan fingerprint density at radius 1 is 1.17 bits per heavy atom. The molecule has 6 N–H and O–H groups in total. The number of hydrogen-bond donors (Lipinski definition) is 4. The van der Waals surface area contributed by atoms with Crippen molar-refractivity contribution < 1.29 is 18.0 Å². The van der Waals surface area contributed by atoms with Gasteiger partial charge in [-0.25, -0.2) is 8.42 Å². The molecular formula is C17H22N6O5S. The van der Waals surface area contributed by atoms with E-state index in [1.54, 1.807) is 31.2 Å². The minimum absolute atomic E-state index is 0.0186. The van der Waals surface area contributed by atoms with Gasteiger partial charge in [-0.2, -0.15) is 0 Å². The number of rotatable bonds is 9. The van der Waals surface area contributed by atoms with Crippen LogP contribution in [-0.4, -0.2) is 38.0 Å². The summed E-state index contributed by atoms with van der Waals surface area (Å²) in [5.41, 5.74) is 9.87. The molecule has 0 bridgehead atoms.